The first-order valence-electron chi connectivity index (χ1n) is 7.32. The van der Waals surface area contributed by atoms with Gasteiger partial charge < -0.3 is 10.1 Å². The average molecular weight is 267 g/mol. The van der Waals surface area contributed by atoms with Crippen molar-refractivity contribution in [2.24, 2.45) is 0 Å². The minimum atomic E-state index is 0.367. The van der Waals surface area contributed by atoms with Gasteiger partial charge in [-0.15, -0.1) is 0 Å². The van der Waals surface area contributed by atoms with Gasteiger partial charge in [-0.2, -0.15) is 0 Å². The van der Waals surface area contributed by atoms with Gasteiger partial charge in [0.25, 0.3) is 0 Å². The van der Waals surface area contributed by atoms with Crippen LogP contribution >= 0.6 is 0 Å². The number of benzene rings is 2. The van der Waals surface area contributed by atoms with E-state index in [4.69, 9.17) is 4.74 Å². The van der Waals surface area contributed by atoms with E-state index in [2.05, 4.69) is 60.8 Å². The summed E-state index contributed by atoms with van der Waals surface area (Å²) in [6, 6.07) is 20.2. The highest BCUT2D eigenvalue weighted by Crippen LogP contribution is 2.22. The first-order chi connectivity index (χ1) is 9.83. The molecule has 20 heavy (non-hydrogen) atoms. The second kappa shape index (κ2) is 6.21. The van der Waals surface area contributed by atoms with Crippen LogP contribution in [0.5, 0.6) is 0 Å². The Balaban J connectivity index is 1.69. The highest BCUT2D eigenvalue weighted by Gasteiger charge is 2.18. The summed E-state index contributed by atoms with van der Waals surface area (Å²) in [5.41, 5.74) is 3.87. The minimum Gasteiger partial charge on any atom is -0.380 e. The Morgan fingerprint density at radius 1 is 1.00 bits per heavy atom. The lowest BCUT2D eigenvalue weighted by Gasteiger charge is -2.19. The smallest absolute Gasteiger partial charge is 0.0620 e. The van der Waals surface area contributed by atoms with Crippen molar-refractivity contribution in [2.75, 3.05) is 13.2 Å². The van der Waals surface area contributed by atoms with Crippen molar-refractivity contribution >= 4 is 0 Å². The molecule has 0 radical (unpaired) electrons. The topological polar surface area (TPSA) is 21.3 Å². The van der Waals surface area contributed by atoms with Gasteiger partial charge in [0.05, 0.1) is 6.61 Å². The molecule has 2 atom stereocenters. The summed E-state index contributed by atoms with van der Waals surface area (Å²) in [5, 5.41) is 3.63. The maximum atomic E-state index is 5.41. The van der Waals surface area contributed by atoms with Crippen LogP contribution < -0.4 is 5.32 Å². The van der Waals surface area contributed by atoms with Crippen LogP contribution in [0.25, 0.3) is 11.1 Å². The van der Waals surface area contributed by atoms with Gasteiger partial charge in [-0.05, 0) is 30.0 Å². The van der Waals surface area contributed by atoms with Gasteiger partial charge in [-0.1, -0.05) is 54.6 Å². The van der Waals surface area contributed by atoms with Gasteiger partial charge in [0.2, 0.25) is 0 Å². The molecular weight excluding hydrogens is 246 g/mol. The van der Waals surface area contributed by atoms with Crippen molar-refractivity contribution in [2.45, 2.75) is 25.4 Å². The van der Waals surface area contributed by atoms with Crippen molar-refractivity contribution < 1.29 is 4.74 Å². The van der Waals surface area contributed by atoms with Crippen LogP contribution in [0.2, 0.25) is 0 Å². The zero-order chi connectivity index (χ0) is 13.8. The normalized spacial score (nSPS) is 19.9. The standard InChI is InChI=1S/C18H21NO/c1-14(19-18-11-12-20-13-18)15-7-9-17(10-8-15)16-5-3-2-4-6-16/h2-10,14,18-19H,11-13H2,1H3. The van der Waals surface area contributed by atoms with Crippen molar-refractivity contribution in [1.82, 2.24) is 5.32 Å². The Bertz CT molecular complexity index is 529. The average Bonchev–Trinajstić information content (AvgIpc) is 3.01. The third kappa shape index (κ3) is 3.09. The molecule has 1 saturated heterocycles. The quantitative estimate of drug-likeness (QED) is 0.910. The molecule has 2 heteroatoms. The number of hydrogen-bond acceptors (Lipinski definition) is 2. The predicted molar refractivity (Wildman–Crippen MR) is 82.7 cm³/mol. The fraction of sp³-hybridized carbons (Fsp3) is 0.333. The predicted octanol–water partition coefficient (Wildman–Crippen LogP) is 3.79. The number of hydrogen-bond donors (Lipinski definition) is 1. The van der Waals surface area contributed by atoms with Gasteiger partial charge in [-0.25, -0.2) is 0 Å². The molecule has 1 fully saturated rings. The largest absolute Gasteiger partial charge is 0.380 e. The van der Waals surface area contributed by atoms with E-state index in [0.717, 1.165) is 19.6 Å². The zero-order valence-electron chi connectivity index (χ0n) is 11.9. The first kappa shape index (κ1) is 13.3. The Morgan fingerprint density at radius 3 is 2.35 bits per heavy atom. The van der Waals surface area contributed by atoms with Crippen LogP contribution in [0.1, 0.15) is 24.9 Å². The van der Waals surface area contributed by atoms with Crippen LogP contribution in [0.15, 0.2) is 54.6 Å². The molecule has 1 aliphatic rings. The van der Waals surface area contributed by atoms with Crippen molar-refractivity contribution in [3.8, 4) is 11.1 Å². The van der Waals surface area contributed by atoms with E-state index < -0.39 is 0 Å². The zero-order valence-corrected chi connectivity index (χ0v) is 11.9. The number of nitrogens with one attached hydrogen (secondary N) is 1. The fourth-order valence-corrected chi connectivity index (χ4v) is 2.71. The van der Waals surface area contributed by atoms with E-state index in [-0.39, 0.29) is 0 Å². The summed E-state index contributed by atoms with van der Waals surface area (Å²) in [7, 11) is 0. The van der Waals surface area contributed by atoms with Crippen molar-refractivity contribution in [3.63, 3.8) is 0 Å². The summed E-state index contributed by atoms with van der Waals surface area (Å²) in [6.07, 6.45) is 1.12. The SMILES string of the molecule is CC(NC1CCOC1)c1ccc(-c2ccccc2)cc1. The molecule has 2 aromatic rings. The molecule has 0 saturated carbocycles. The molecule has 104 valence electrons. The monoisotopic (exact) mass is 267 g/mol. The third-order valence-corrected chi connectivity index (χ3v) is 3.93. The molecule has 0 spiro atoms. The maximum Gasteiger partial charge on any atom is 0.0620 e. The second-order valence-corrected chi connectivity index (χ2v) is 5.44. The lowest BCUT2D eigenvalue weighted by molar-refractivity contribution is 0.188. The van der Waals surface area contributed by atoms with E-state index in [1.807, 2.05) is 6.07 Å². The van der Waals surface area contributed by atoms with Crippen LogP contribution in [0.4, 0.5) is 0 Å². The number of rotatable bonds is 4. The van der Waals surface area contributed by atoms with Crippen molar-refractivity contribution in [1.29, 1.82) is 0 Å². The van der Waals surface area contributed by atoms with Gasteiger partial charge in [-0.3, -0.25) is 0 Å². The summed E-state index contributed by atoms with van der Waals surface area (Å²) in [5.74, 6) is 0. The van der Waals surface area contributed by atoms with Gasteiger partial charge in [0, 0.05) is 18.7 Å². The van der Waals surface area contributed by atoms with Crippen LogP contribution in [0.3, 0.4) is 0 Å². The molecule has 0 bridgehead atoms. The Morgan fingerprint density at radius 2 is 1.70 bits per heavy atom. The molecule has 0 aliphatic carbocycles. The van der Waals surface area contributed by atoms with E-state index in [0.29, 0.717) is 12.1 Å². The summed E-state index contributed by atoms with van der Waals surface area (Å²) < 4.78 is 5.41. The summed E-state index contributed by atoms with van der Waals surface area (Å²) >= 11 is 0. The lowest BCUT2D eigenvalue weighted by Crippen LogP contribution is -2.31. The van der Waals surface area contributed by atoms with E-state index >= 15 is 0 Å². The summed E-state index contributed by atoms with van der Waals surface area (Å²) in [6.45, 7) is 3.94. The molecule has 0 amide bonds. The molecule has 3 rings (SSSR count). The molecule has 2 nitrogen and oxygen atoms in total. The minimum absolute atomic E-state index is 0.367. The maximum absolute atomic E-state index is 5.41. The molecule has 2 aromatic carbocycles. The van der Waals surface area contributed by atoms with Crippen molar-refractivity contribution in [3.05, 3.63) is 60.2 Å². The fourth-order valence-electron chi connectivity index (χ4n) is 2.71. The Hall–Kier alpha value is -1.64. The Kier molecular flexibility index (Phi) is 4.14. The summed E-state index contributed by atoms with van der Waals surface area (Å²) in [4.78, 5) is 0. The lowest BCUT2D eigenvalue weighted by atomic mass is 10.0. The van der Waals surface area contributed by atoms with Crippen LogP contribution in [-0.2, 0) is 4.74 Å². The molecule has 1 N–H and O–H groups in total. The first-order valence-corrected chi connectivity index (χ1v) is 7.32. The van der Waals surface area contributed by atoms with Gasteiger partial charge >= 0.3 is 0 Å². The van der Waals surface area contributed by atoms with Crippen LogP contribution in [-0.4, -0.2) is 19.3 Å². The molecule has 0 aromatic heterocycles. The molecular formula is C18H21NO. The highest BCUT2D eigenvalue weighted by atomic mass is 16.5. The van der Waals surface area contributed by atoms with E-state index in [1.165, 1.54) is 16.7 Å². The van der Waals surface area contributed by atoms with E-state index in [1.54, 1.807) is 0 Å². The van der Waals surface area contributed by atoms with Gasteiger partial charge in [0.15, 0.2) is 0 Å². The molecule has 1 heterocycles. The third-order valence-electron chi connectivity index (χ3n) is 3.93. The molecule has 2 unspecified atom stereocenters. The number of ether oxygens (including phenoxy) is 1. The second-order valence-electron chi connectivity index (χ2n) is 5.44. The van der Waals surface area contributed by atoms with Gasteiger partial charge in [0.1, 0.15) is 0 Å². The highest BCUT2D eigenvalue weighted by molar-refractivity contribution is 5.63. The van der Waals surface area contributed by atoms with E-state index in [9.17, 15) is 0 Å². The molecule has 1 aliphatic heterocycles. The van der Waals surface area contributed by atoms with Crippen LogP contribution in [0, 0.1) is 0 Å². The Labute approximate surface area is 120 Å².